The first-order chi connectivity index (χ1) is 8.06. The summed E-state index contributed by atoms with van der Waals surface area (Å²) in [5.41, 5.74) is 2.34. The van der Waals surface area contributed by atoms with E-state index in [0.717, 1.165) is 18.5 Å². The van der Waals surface area contributed by atoms with Gasteiger partial charge >= 0.3 is 0 Å². The fourth-order valence-electron chi connectivity index (χ4n) is 1.83. The minimum atomic E-state index is -0.192. The van der Waals surface area contributed by atoms with E-state index in [1.54, 1.807) is 19.0 Å². The van der Waals surface area contributed by atoms with E-state index >= 15 is 0 Å². The van der Waals surface area contributed by atoms with E-state index in [-0.39, 0.29) is 11.9 Å². The quantitative estimate of drug-likeness (QED) is 0.849. The Morgan fingerprint density at radius 3 is 2.59 bits per heavy atom. The van der Waals surface area contributed by atoms with Gasteiger partial charge in [0.25, 0.3) is 0 Å². The summed E-state index contributed by atoms with van der Waals surface area (Å²) < 4.78 is 0. The average molecular weight is 234 g/mol. The van der Waals surface area contributed by atoms with Gasteiger partial charge in [-0.1, -0.05) is 31.5 Å². The fraction of sp³-hybridized carbons (Fsp3) is 0.500. The lowest BCUT2D eigenvalue weighted by Crippen LogP contribution is -2.36. The molecule has 0 aliphatic heterocycles. The zero-order valence-electron chi connectivity index (χ0n) is 11.2. The summed E-state index contributed by atoms with van der Waals surface area (Å²) in [6.07, 6.45) is 2.14. The van der Waals surface area contributed by atoms with Crippen LogP contribution in [0.15, 0.2) is 24.3 Å². The number of benzene rings is 1. The molecule has 0 heterocycles. The average Bonchev–Trinajstić information content (AvgIpc) is 2.30. The van der Waals surface area contributed by atoms with Gasteiger partial charge in [-0.05, 0) is 25.0 Å². The highest BCUT2D eigenvalue weighted by molar-refractivity contribution is 5.84. The molecular formula is C14H22N2O. The summed E-state index contributed by atoms with van der Waals surface area (Å²) in [7, 11) is 3.55. The Hall–Kier alpha value is -1.51. The highest BCUT2D eigenvalue weighted by Crippen LogP contribution is 2.17. The molecule has 94 valence electrons. The number of amides is 1. The van der Waals surface area contributed by atoms with Crippen molar-refractivity contribution in [2.75, 3.05) is 19.4 Å². The van der Waals surface area contributed by atoms with E-state index < -0.39 is 0 Å². The summed E-state index contributed by atoms with van der Waals surface area (Å²) in [6, 6.07) is 7.98. The van der Waals surface area contributed by atoms with E-state index in [1.165, 1.54) is 5.56 Å². The number of likely N-dealkylation sites (N-methyl/N-ethyl adjacent to an activating group) is 1. The number of carbonyl (C=O) groups is 1. The Labute approximate surface area is 104 Å². The molecule has 3 heteroatoms. The molecule has 0 aromatic heterocycles. The van der Waals surface area contributed by atoms with Crippen LogP contribution in [0.4, 0.5) is 5.69 Å². The van der Waals surface area contributed by atoms with Crippen LogP contribution < -0.4 is 5.32 Å². The van der Waals surface area contributed by atoms with Gasteiger partial charge in [0.15, 0.2) is 0 Å². The summed E-state index contributed by atoms with van der Waals surface area (Å²) in [6.45, 7) is 4.05. The largest absolute Gasteiger partial charge is 0.374 e. The first-order valence-electron chi connectivity index (χ1n) is 6.11. The molecule has 17 heavy (non-hydrogen) atoms. The second-order valence-electron chi connectivity index (χ2n) is 4.51. The van der Waals surface area contributed by atoms with Crippen molar-refractivity contribution in [3.05, 3.63) is 29.8 Å². The lowest BCUT2D eigenvalue weighted by atomic mass is 10.1. The smallest absolute Gasteiger partial charge is 0.244 e. The number of anilines is 1. The Morgan fingerprint density at radius 2 is 2.00 bits per heavy atom. The third kappa shape index (κ3) is 3.77. The molecule has 3 nitrogen and oxygen atoms in total. The van der Waals surface area contributed by atoms with Crippen LogP contribution in [-0.2, 0) is 11.2 Å². The van der Waals surface area contributed by atoms with Crippen molar-refractivity contribution >= 4 is 11.6 Å². The van der Waals surface area contributed by atoms with Crippen LogP contribution in [0, 0.1) is 0 Å². The second-order valence-corrected chi connectivity index (χ2v) is 4.51. The number of para-hydroxylation sites is 1. The van der Waals surface area contributed by atoms with E-state index in [4.69, 9.17) is 0 Å². The maximum Gasteiger partial charge on any atom is 0.244 e. The molecule has 1 N–H and O–H groups in total. The fourth-order valence-corrected chi connectivity index (χ4v) is 1.83. The lowest BCUT2D eigenvalue weighted by molar-refractivity contribution is -0.129. The molecule has 0 saturated heterocycles. The molecular weight excluding hydrogens is 212 g/mol. The maximum absolute atomic E-state index is 11.8. The van der Waals surface area contributed by atoms with Gasteiger partial charge in [-0.3, -0.25) is 4.79 Å². The van der Waals surface area contributed by atoms with Gasteiger partial charge in [0.05, 0.1) is 0 Å². The highest BCUT2D eigenvalue weighted by atomic mass is 16.2. The van der Waals surface area contributed by atoms with Gasteiger partial charge < -0.3 is 10.2 Å². The summed E-state index contributed by atoms with van der Waals surface area (Å²) in [4.78, 5) is 13.4. The predicted octanol–water partition coefficient (Wildman–Crippen LogP) is 2.53. The van der Waals surface area contributed by atoms with E-state index in [9.17, 15) is 4.79 Å². The molecule has 1 aromatic carbocycles. The van der Waals surface area contributed by atoms with Crippen LogP contribution in [-0.4, -0.2) is 30.9 Å². The molecule has 1 amide bonds. The molecule has 1 unspecified atom stereocenters. The summed E-state index contributed by atoms with van der Waals surface area (Å²) in [5, 5.41) is 3.29. The number of nitrogens with one attached hydrogen (secondary N) is 1. The standard InChI is InChI=1S/C14H22N2O/c1-5-8-12-9-6-7-10-13(12)15-11(2)14(17)16(3)4/h6-7,9-11,15H,5,8H2,1-4H3. The van der Waals surface area contributed by atoms with Crippen molar-refractivity contribution in [1.29, 1.82) is 0 Å². The molecule has 0 fully saturated rings. The molecule has 0 spiro atoms. The zero-order valence-corrected chi connectivity index (χ0v) is 11.2. The number of hydrogen-bond acceptors (Lipinski definition) is 2. The van der Waals surface area contributed by atoms with Crippen LogP contribution in [0.25, 0.3) is 0 Å². The number of nitrogens with zero attached hydrogens (tertiary/aromatic N) is 1. The van der Waals surface area contributed by atoms with Gasteiger partial charge in [-0.15, -0.1) is 0 Å². The van der Waals surface area contributed by atoms with Crippen LogP contribution in [0.2, 0.25) is 0 Å². The first kappa shape index (κ1) is 13.6. The maximum atomic E-state index is 11.8. The van der Waals surface area contributed by atoms with Gasteiger partial charge in [-0.2, -0.15) is 0 Å². The van der Waals surface area contributed by atoms with Gasteiger partial charge in [0.2, 0.25) is 5.91 Å². The number of aryl methyl sites for hydroxylation is 1. The summed E-state index contributed by atoms with van der Waals surface area (Å²) >= 11 is 0. The predicted molar refractivity (Wildman–Crippen MR) is 72.2 cm³/mol. The van der Waals surface area contributed by atoms with Crippen molar-refractivity contribution in [2.24, 2.45) is 0 Å². The van der Waals surface area contributed by atoms with Crippen molar-refractivity contribution in [2.45, 2.75) is 32.7 Å². The van der Waals surface area contributed by atoms with Crippen molar-refractivity contribution in [1.82, 2.24) is 4.90 Å². The molecule has 0 aliphatic carbocycles. The molecule has 0 aliphatic rings. The Kier molecular flexibility index (Phi) is 5.01. The minimum absolute atomic E-state index is 0.0938. The third-order valence-electron chi connectivity index (χ3n) is 2.72. The highest BCUT2D eigenvalue weighted by Gasteiger charge is 2.15. The van der Waals surface area contributed by atoms with Gasteiger partial charge in [-0.25, -0.2) is 0 Å². The molecule has 0 saturated carbocycles. The topological polar surface area (TPSA) is 32.3 Å². The van der Waals surface area contributed by atoms with Crippen LogP contribution in [0.1, 0.15) is 25.8 Å². The molecule has 1 aromatic rings. The molecule has 1 rings (SSSR count). The van der Waals surface area contributed by atoms with E-state index in [1.807, 2.05) is 25.1 Å². The normalized spacial score (nSPS) is 12.0. The molecule has 1 atom stereocenters. The monoisotopic (exact) mass is 234 g/mol. The lowest BCUT2D eigenvalue weighted by Gasteiger charge is -2.20. The van der Waals surface area contributed by atoms with Gasteiger partial charge in [0.1, 0.15) is 6.04 Å². The van der Waals surface area contributed by atoms with Crippen molar-refractivity contribution < 1.29 is 4.79 Å². The number of hydrogen-bond donors (Lipinski definition) is 1. The minimum Gasteiger partial charge on any atom is -0.374 e. The Bertz CT molecular complexity index is 374. The SMILES string of the molecule is CCCc1ccccc1NC(C)C(=O)N(C)C. The van der Waals surface area contributed by atoms with E-state index in [2.05, 4.69) is 18.3 Å². The van der Waals surface area contributed by atoms with Crippen molar-refractivity contribution in [3.8, 4) is 0 Å². The van der Waals surface area contributed by atoms with Crippen LogP contribution in [0.3, 0.4) is 0 Å². The molecule has 0 bridgehead atoms. The van der Waals surface area contributed by atoms with Crippen LogP contribution >= 0.6 is 0 Å². The Balaban J connectivity index is 2.77. The third-order valence-corrected chi connectivity index (χ3v) is 2.72. The second kappa shape index (κ2) is 6.28. The summed E-state index contributed by atoms with van der Waals surface area (Å²) in [5.74, 6) is 0.0938. The first-order valence-corrected chi connectivity index (χ1v) is 6.11. The van der Waals surface area contributed by atoms with Crippen LogP contribution in [0.5, 0.6) is 0 Å². The zero-order chi connectivity index (χ0) is 12.8. The number of rotatable bonds is 5. The van der Waals surface area contributed by atoms with Gasteiger partial charge in [0, 0.05) is 19.8 Å². The Morgan fingerprint density at radius 1 is 1.35 bits per heavy atom. The molecule has 0 radical (unpaired) electrons. The number of carbonyl (C=O) groups excluding carboxylic acids is 1. The van der Waals surface area contributed by atoms with Crippen molar-refractivity contribution in [3.63, 3.8) is 0 Å². The van der Waals surface area contributed by atoms with E-state index in [0.29, 0.717) is 0 Å².